The number of nitrogens with one attached hydrogen (secondary N) is 1. The van der Waals surface area contributed by atoms with Crippen LogP contribution in [0.4, 0.5) is 11.4 Å². The molecule has 0 atom stereocenters. The molecule has 0 unspecified atom stereocenters. The van der Waals surface area contributed by atoms with Crippen molar-refractivity contribution in [2.45, 2.75) is 10.6 Å². The van der Waals surface area contributed by atoms with Crippen molar-refractivity contribution >= 4 is 32.7 Å². The van der Waals surface area contributed by atoms with Crippen LogP contribution in [0.3, 0.4) is 0 Å². The maximum absolute atomic E-state index is 12.1. The highest BCUT2D eigenvalue weighted by Crippen LogP contribution is 2.30. The van der Waals surface area contributed by atoms with E-state index in [0.717, 1.165) is 13.0 Å². The molecule has 1 aromatic carbocycles. The fraction of sp³-hybridized carbons (Fsp3) is 0.231. The first kappa shape index (κ1) is 12.5. The topological polar surface area (TPSA) is 49.4 Å². The molecule has 0 saturated carbocycles. The van der Waals surface area contributed by atoms with Crippen molar-refractivity contribution < 1.29 is 8.42 Å². The van der Waals surface area contributed by atoms with Gasteiger partial charge in [0, 0.05) is 25.0 Å². The lowest BCUT2D eigenvalue weighted by Crippen LogP contribution is -2.13. The smallest absolute Gasteiger partial charge is 0.271 e. The zero-order valence-electron chi connectivity index (χ0n) is 10.5. The maximum atomic E-state index is 12.1. The van der Waals surface area contributed by atoms with E-state index >= 15 is 0 Å². The van der Waals surface area contributed by atoms with E-state index in [1.54, 1.807) is 17.5 Å². The van der Waals surface area contributed by atoms with Crippen LogP contribution in [-0.4, -0.2) is 22.0 Å². The molecular formula is C13H14N2O2S2. The van der Waals surface area contributed by atoms with Crippen molar-refractivity contribution in [3.05, 3.63) is 41.3 Å². The molecule has 19 heavy (non-hydrogen) atoms. The van der Waals surface area contributed by atoms with Crippen LogP contribution >= 0.6 is 11.3 Å². The molecule has 2 heterocycles. The molecule has 4 nitrogen and oxygen atoms in total. The fourth-order valence-electron chi connectivity index (χ4n) is 2.25. The number of fused-ring (bicyclic) bond motifs is 1. The number of benzene rings is 1. The SMILES string of the molecule is CN1CCc2cc(NS(=O)(=O)c3cccs3)ccc21. The number of thiophene rings is 1. The van der Waals surface area contributed by atoms with Crippen molar-refractivity contribution in [2.75, 3.05) is 23.2 Å². The Morgan fingerprint density at radius 1 is 1.32 bits per heavy atom. The highest BCUT2D eigenvalue weighted by atomic mass is 32.2. The highest BCUT2D eigenvalue weighted by molar-refractivity contribution is 7.94. The van der Waals surface area contributed by atoms with Crippen LogP contribution in [0.1, 0.15) is 5.56 Å². The van der Waals surface area contributed by atoms with Gasteiger partial charge in [-0.05, 0) is 41.6 Å². The van der Waals surface area contributed by atoms with Gasteiger partial charge < -0.3 is 4.90 Å². The molecular weight excluding hydrogens is 280 g/mol. The second-order valence-corrected chi connectivity index (χ2v) is 7.41. The quantitative estimate of drug-likeness (QED) is 0.946. The number of anilines is 2. The number of hydrogen-bond donors (Lipinski definition) is 1. The van der Waals surface area contributed by atoms with Crippen LogP contribution < -0.4 is 9.62 Å². The Hall–Kier alpha value is -1.53. The molecule has 0 spiro atoms. The van der Waals surface area contributed by atoms with Gasteiger partial charge in [-0.2, -0.15) is 0 Å². The summed E-state index contributed by atoms with van der Waals surface area (Å²) < 4.78 is 27.2. The lowest BCUT2D eigenvalue weighted by molar-refractivity contribution is 0.603. The predicted molar refractivity (Wildman–Crippen MR) is 78.5 cm³/mol. The van der Waals surface area contributed by atoms with Gasteiger partial charge in [-0.3, -0.25) is 4.72 Å². The summed E-state index contributed by atoms with van der Waals surface area (Å²) in [6, 6.07) is 9.04. The van der Waals surface area contributed by atoms with E-state index in [-0.39, 0.29) is 0 Å². The largest absolute Gasteiger partial charge is 0.374 e. The third-order valence-corrected chi connectivity index (χ3v) is 6.00. The second kappa shape index (κ2) is 4.54. The third kappa shape index (κ3) is 2.33. The van der Waals surface area contributed by atoms with Gasteiger partial charge in [0.15, 0.2) is 0 Å². The molecule has 1 aromatic heterocycles. The summed E-state index contributed by atoms with van der Waals surface area (Å²) in [6.07, 6.45) is 0.959. The Labute approximate surface area is 116 Å². The molecule has 100 valence electrons. The normalized spacial score (nSPS) is 14.5. The minimum Gasteiger partial charge on any atom is -0.374 e. The molecule has 0 fully saturated rings. The summed E-state index contributed by atoms with van der Waals surface area (Å²) >= 11 is 1.22. The van der Waals surface area contributed by atoms with Crippen LogP contribution in [0.15, 0.2) is 39.9 Å². The lowest BCUT2D eigenvalue weighted by Gasteiger charge is -2.12. The summed E-state index contributed by atoms with van der Waals surface area (Å²) in [5.74, 6) is 0. The van der Waals surface area contributed by atoms with E-state index < -0.39 is 10.0 Å². The van der Waals surface area contributed by atoms with Gasteiger partial charge in [0.1, 0.15) is 4.21 Å². The standard InChI is InChI=1S/C13H14N2O2S2/c1-15-7-6-10-9-11(4-5-12(10)15)14-19(16,17)13-3-2-8-18-13/h2-5,8-9,14H,6-7H2,1H3. The summed E-state index contributed by atoms with van der Waals surface area (Å²) in [7, 11) is -1.40. The van der Waals surface area contributed by atoms with Crippen LogP contribution in [0.2, 0.25) is 0 Å². The summed E-state index contributed by atoms with van der Waals surface area (Å²) in [5, 5.41) is 1.76. The summed E-state index contributed by atoms with van der Waals surface area (Å²) in [5.41, 5.74) is 3.00. The molecule has 3 rings (SSSR count). The van der Waals surface area contributed by atoms with E-state index in [0.29, 0.717) is 9.90 Å². The van der Waals surface area contributed by atoms with E-state index in [1.165, 1.54) is 22.6 Å². The summed E-state index contributed by atoms with van der Waals surface area (Å²) in [4.78, 5) is 2.17. The predicted octanol–water partition coefficient (Wildman–Crippen LogP) is 2.54. The monoisotopic (exact) mass is 294 g/mol. The van der Waals surface area contributed by atoms with E-state index in [4.69, 9.17) is 0 Å². The number of sulfonamides is 1. The van der Waals surface area contributed by atoms with Crippen molar-refractivity contribution in [1.29, 1.82) is 0 Å². The van der Waals surface area contributed by atoms with Gasteiger partial charge in [0.25, 0.3) is 10.0 Å². The number of rotatable bonds is 3. The van der Waals surface area contributed by atoms with E-state index in [9.17, 15) is 8.42 Å². The molecule has 2 aromatic rings. The van der Waals surface area contributed by atoms with Crippen LogP contribution in [0.25, 0.3) is 0 Å². The Morgan fingerprint density at radius 2 is 2.16 bits per heavy atom. The minimum atomic E-state index is -3.45. The maximum Gasteiger partial charge on any atom is 0.271 e. The molecule has 1 N–H and O–H groups in total. The van der Waals surface area contributed by atoms with Gasteiger partial charge in [0.2, 0.25) is 0 Å². The Kier molecular flexibility index (Phi) is 2.99. The molecule has 6 heteroatoms. The van der Waals surface area contributed by atoms with Crippen LogP contribution in [0, 0.1) is 0 Å². The lowest BCUT2D eigenvalue weighted by atomic mass is 10.1. The molecule has 0 amide bonds. The Bertz CT molecular complexity index is 693. The zero-order chi connectivity index (χ0) is 13.5. The van der Waals surface area contributed by atoms with Crippen molar-refractivity contribution in [3.8, 4) is 0 Å². The second-order valence-electron chi connectivity index (χ2n) is 4.55. The minimum absolute atomic E-state index is 0.338. The summed E-state index contributed by atoms with van der Waals surface area (Å²) in [6.45, 7) is 0.983. The molecule has 1 aliphatic rings. The van der Waals surface area contributed by atoms with Crippen LogP contribution in [0.5, 0.6) is 0 Å². The molecule has 0 saturated heterocycles. The first-order valence-corrected chi connectivity index (χ1v) is 8.33. The van der Waals surface area contributed by atoms with Crippen LogP contribution in [-0.2, 0) is 16.4 Å². The Balaban J connectivity index is 1.89. The highest BCUT2D eigenvalue weighted by Gasteiger charge is 2.19. The Morgan fingerprint density at radius 3 is 2.89 bits per heavy atom. The molecule has 0 aliphatic carbocycles. The molecule has 0 radical (unpaired) electrons. The number of hydrogen-bond acceptors (Lipinski definition) is 4. The van der Waals surface area contributed by atoms with Crippen molar-refractivity contribution in [1.82, 2.24) is 0 Å². The van der Waals surface area contributed by atoms with Gasteiger partial charge in [-0.25, -0.2) is 8.42 Å². The first-order chi connectivity index (χ1) is 9.06. The van der Waals surface area contributed by atoms with Crippen molar-refractivity contribution in [3.63, 3.8) is 0 Å². The third-order valence-electron chi connectivity index (χ3n) is 3.22. The molecule has 0 bridgehead atoms. The average molecular weight is 294 g/mol. The zero-order valence-corrected chi connectivity index (χ0v) is 12.1. The van der Waals surface area contributed by atoms with Gasteiger partial charge in [-0.15, -0.1) is 11.3 Å². The van der Waals surface area contributed by atoms with Gasteiger partial charge in [-0.1, -0.05) is 6.07 Å². The van der Waals surface area contributed by atoms with Crippen molar-refractivity contribution in [2.24, 2.45) is 0 Å². The number of likely N-dealkylation sites (N-methyl/N-ethyl adjacent to an activating group) is 1. The first-order valence-electron chi connectivity index (χ1n) is 5.97. The number of nitrogens with zero attached hydrogens (tertiary/aromatic N) is 1. The van der Waals surface area contributed by atoms with Gasteiger partial charge >= 0.3 is 0 Å². The fourth-order valence-corrected chi connectivity index (χ4v) is 4.29. The van der Waals surface area contributed by atoms with E-state index in [1.807, 2.05) is 25.2 Å². The molecule has 1 aliphatic heterocycles. The van der Waals surface area contributed by atoms with Gasteiger partial charge in [0.05, 0.1) is 0 Å². The van der Waals surface area contributed by atoms with E-state index in [2.05, 4.69) is 9.62 Å². The average Bonchev–Trinajstić information content (AvgIpc) is 2.99.